The fraction of sp³-hybridized carbons (Fsp3) is 0.143. The molecule has 1 aromatic carbocycles. The van der Waals surface area contributed by atoms with E-state index in [0.717, 1.165) is 5.56 Å². The summed E-state index contributed by atoms with van der Waals surface area (Å²) in [6.07, 6.45) is 3.35. The third kappa shape index (κ3) is 3.58. The average Bonchev–Trinajstić information content (AvgIpc) is 2.44. The lowest BCUT2D eigenvalue weighted by atomic mass is 10.2. The van der Waals surface area contributed by atoms with E-state index in [0.29, 0.717) is 18.2 Å². The van der Waals surface area contributed by atoms with Crippen LogP contribution in [0.2, 0.25) is 0 Å². The van der Waals surface area contributed by atoms with E-state index < -0.39 is 0 Å². The summed E-state index contributed by atoms with van der Waals surface area (Å²) >= 11 is 0. The monoisotopic (exact) mass is 240 g/mol. The normalized spacial score (nSPS) is 9.39. The molecule has 4 nitrogen and oxygen atoms in total. The summed E-state index contributed by atoms with van der Waals surface area (Å²) in [6, 6.07) is 9.12. The maximum absolute atomic E-state index is 8.63. The number of aliphatic hydroxyl groups excluding tert-OH is 1. The zero-order valence-corrected chi connectivity index (χ0v) is 9.71. The lowest BCUT2D eigenvalue weighted by Crippen LogP contribution is -2.00. The third-order valence-electron chi connectivity index (χ3n) is 2.13. The van der Waals surface area contributed by atoms with Crippen molar-refractivity contribution in [3.63, 3.8) is 0 Å². The van der Waals surface area contributed by atoms with E-state index in [9.17, 15) is 0 Å². The van der Waals surface area contributed by atoms with Crippen LogP contribution in [0.3, 0.4) is 0 Å². The number of nitrogens with zero attached hydrogens (tertiary/aromatic N) is 2. The van der Waals surface area contributed by atoms with Gasteiger partial charge in [-0.25, -0.2) is 9.97 Å². The molecule has 4 heteroatoms. The highest BCUT2D eigenvalue weighted by Crippen LogP contribution is 2.13. The summed E-state index contributed by atoms with van der Waals surface area (Å²) in [7, 11) is 0. The minimum atomic E-state index is -0.150. The lowest BCUT2D eigenvalue weighted by Gasteiger charge is -2.04. The van der Waals surface area contributed by atoms with Crippen molar-refractivity contribution in [1.29, 1.82) is 0 Å². The quantitative estimate of drug-likeness (QED) is 0.824. The van der Waals surface area contributed by atoms with Crippen molar-refractivity contribution in [3.8, 4) is 17.6 Å². The van der Waals surface area contributed by atoms with E-state index in [1.165, 1.54) is 0 Å². The Labute approximate surface area is 105 Å². The molecule has 1 heterocycles. The molecular weight excluding hydrogens is 228 g/mol. The summed E-state index contributed by atoms with van der Waals surface area (Å²) in [5, 5.41) is 8.63. The van der Waals surface area contributed by atoms with Crippen molar-refractivity contribution < 1.29 is 9.84 Å². The largest absolute Gasteiger partial charge is 0.486 e. The van der Waals surface area contributed by atoms with Gasteiger partial charge in [-0.15, -0.1) is 0 Å². The smallest absolute Gasteiger partial charge is 0.166 e. The van der Waals surface area contributed by atoms with Crippen molar-refractivity contribution in [2.24, 2.45) is 0 Å². The van der Waals surface area contributed by atoms with Crippen molar-refractivity contribution in [1.82, 2.24) is 9.97 Å². The maximum atomic E-state index is 8.63. The molecule has 2 aromatic rings. The van der Waals surface area contributed by atoms with Crippen LogP contribution in [0.25, 0.3) is 0 Å². The average molecular weight is 240 g/mol. The van der Waals surface area contributed by atoms with Gasteiger partial charge in [0.05, 0.1) is 0 Å². The first-order valence-electron chi connectivity index (χ1n) is 5.47. The van der Waals surface area contributed by atoms with Crippen LogP contribution in [0.5, 0.6) is 5.75 Å². The Hall–Kier alpha value is -2.38. The first-order valence-corrected chi connectivity index (χ1v) is 5.47. The Morgan fingerprint density at radius 2 is 2.00 bits per heavy atom. The summed E-state index contributed by atoms with van der Waals surface area (Å²) in [5.74, 6) is 6.74. The fourth-order valence-corrected chi connectivity index (χ4v) is 1.36. The molecule has 1 N–H and O–H groups in total. The fourth-order valence-electron chi connectivity index (χ4n) is 1.36. The molecule has 0 atom stereocenters. The molecular formula is C14H12N2O2. The van der Waals surface area contributed by atoms with Gasteiger partial charge < -0.3 is 9.84 Å². The van der Waals surface area contributed by atoms with Crippen molar-refractivity contribution >= 4 is 0 Å². The van der Waals surface area contributed by atoms with Crippen LogP contribution in [-0.2, 0) is 6.61 Å². The number of ether oxygens (including phenoxy) is 1. The standard InChI is InChI=1S/C14H12N2O2/c17-9-2-5-12-4-1-6-13(10-12)18-11-14-15-7-3-8-16-14/h1,3-4,6-8,10,17H,9,11H2. The topological polar surface area (TPSA) is 55.2 Å². The molecule has 0 radical (unpaired) electrons. The van der Waals surface area contributed by atoms with Crippen molar-refractivity contribution in [3.05, 3.63) is 54.1 Å². The summed E-state index contributed by atoms with van der Waals surface area (Å²) in [4.78, 5) is 8.14. The molecule has 0 saturated heterocycles. The van der Waals surface area contributed by atoms with E-state index >= 15 is 0 Å². The second-order valence-corrected chi connectivity index (χ2v) is 3.44. The van der Waals surface area contributed by atoms with Gasteiger partial charge >= 0.3 is 0 Å². The SMILES string of the molecule is OCC#Cc1cccc(OCc2ncccn2)c1. The highest BCUT2D eigenvalue weighted by Gasteiger charge is 1.98. The van der Waals surface area contributed by atoms with E-state index in [-0.39, 0.29) is 6.61 Å². The van der Waals surface area contributed by atoms with E-state index in [2.05, 4.69) is 21.8 Å². The van der Waals surface area contributed by atoms with Crippen LogP contribution in [0, 0.1) is 11.8 Å². The Bertz CT molecular complexity index is 559. The van der Waals surface area contributed by atoms with Gasteiger partial charge in [0.15, 0.2) is 5.82 Å². The summed E-state index contributed by atoms with van der Waals surface area (Å²) in [5.41, 5.74) is 0.801. The number of hydrogen-bond acceptors (Lipinski definition) is 4. The van der Waals surface area contributed by atoms with E-state index in [1.54, 1.807) is 18.5 Å². The van der Waals surface area contributed by atoms with Gasteiger partial charge in [0, 0.05) is 18.0 Å². The molecule has 1 aromatic heterocycles. The van der Waals surface area contributed by atoms with Crippen LogP contribution < -0.4 is 4.74 Å². The molecule has 0 aliphatic heterocycles. The Morgan fingerprint density at radius 3 is 2.78 bits per heavy atom. The summed E-state index contributed by atoms with van der Waals surface area (Å²) < 4.78 is 5.56. The van der Waals surface area contributed by atoms with Crippen molar-refractivity contribution in [2.75, 3.05) is 6.61 Å². The molecule has 0 spiro atoms. The zero-order valence-electron chi connectivity index (χ0n) is 9.71. The van der Waals surface area contributed by atoms with Crippen LogP contribution in [-0.4, -0.2) is 21.7 Å². The molecule has 0 aliphatic rings. The van der Waals surface area contributed by atoms with Crippen molar-refractivity contribution in [2.45, 2.75) is 6.61 Å². The van der Waals surface area contributed by atoms with Crippen LogP contribution >= 0.6 is 0 Å². The van der Waals surface area contributed by atoms with Crippen LogP contribution in [0.1, 0.15) is 11.4 Å². The second-order valence-electron chi connectivity index (χ2n) is 3.44. The number of aromatic nitrogens is 2. The second kappa shape index (κ2) is 6.38. The Kier molecular flexibility index (Phi) is 4.28. The maximum Gasteiger partial charge on any atom is 0.166 e. The number of benzene rings is 1. The molecule has 0 amide bonds. The van der Waals surface area contributed by atoms with Crippen LogP contribution in [0.4, 0.5) is 0 Å². The van der Waals surface area contributed by atoms with E-state index in [4.69, 9.17) is 9.84 Å². The molecule has 0 unspecified atom stereocenters. The molecule has 0 saturated carbocycles. The third-order valence-corrected chi connectivity index (χ3v) is 2.13. The number of hydrogen-bond donors (Lipinski definition) is 1. The van der Waals surface area contributed by atoms with Gasteiger partial charge in [-0.1, -0.05) is 17.9 Å². The number of rotatable bonds is 3. The predicted octanol–water partition coefficient (Wildman–Crippen LogP) is 1.40. The Morgan fingerprint density at radius 1 is 1.17 bits per heavy atom. The molecule has 90 valence electrons. The molecule has 0 bridgehead atoms. The molecule has 2 rings (SSSR count). The minimum Gasteiger partial charge on any atom is -0.486 e. The molecule has 0 aliphatic carbocycles. The first kappa shape index (κ1) is 12.1. The lowest BCUT2D eigenvalue weighted by molar-refractivity contribution is 0.295. The van der Waals surface area contributed by atoms with Gasteiger partial charge in [0.2, 0.25) is 0 Å². The predicted molar refractivity (Wildman–Crippen MR) is 66.8 cm³/mol. The highest BCUT2D eigenvalue weighted by molar-refractivity contribution is 5.39. The van der Waals surface area contributed by atoms with Gasteiger partial charge in [-0.05, 0) is 24.3 Å². The van der Waals surface area contributed by atoms with E-state index in [1.807, 2.05) is 24.3 Å². The first-order chi connectivity index (χ1) is 8.88. The van der Waals surface area contributed by atoms with Gasteiger partial charge in [0.1, 0.15) is 19.0 Å². The Balaban J connectivity index is 2.01. The molecule has 18 heavy (non-hydrogen) atoms. The molecule has 0 fully saturated rings. The van der Waals surface area contributed by atoms with Crippen LogP contribution in [0.15, 0.2) is 42.7 Å². The van der Waals surface area contributed by atoms with Gasteiger partial charge in [0.25, 0.3) is 0 Å². The van der Waals surface area contributed by atoms with Gasteiger partial charge in [-0.2, -0.15) is 0 Å². The van der Waals surface area contributed by atoms with Gasteiger partial charge in [-0.3, -0.25) is 0 Å². The minimum absolute atomic E-state index is 0.150. The highest BCUT2D eigenvalue weighted by atomic mass is 16.5. The summed E-state index contributed by atoms with van der Waals surface area (Å²) in [6.45, 7) is 0.167. The number of aliphatic hydroxyl groups is 1. The zero-order chi connectivity index (χ0) is 12.6.